The summed E-state index contributed by atoms with van der Waals surface area (Å²) in [6.45, 7) is 3.57. The molecule has 2 N–H and O–H groups in total. The molecule has 6 nitrogen and oxygen atoms in total. The van der Waals surface area contributed by atoms with Gasteiger partial charge in [-0.05, 0) is 50.3 Å². The van der Waals surface area contributed by atoms with E-state index in [1.54, 1.807) is 6.20 Å². The second-order valence-electron chi connectivity index (χ2n) is 6.36. The SMILES string of the molecule is N#Cc1cc(N2CCCC(CNC(=O)C3CCCN3)C2)ccn1. The van der Waals surface area contributed by atoms with E-state index < -0.39 is 0 Å². The van der Waals surface area contributed by atoms with Crippen LogP contribution in [0.25, 0.3) is 0 Å². The van der Waals surface area contributed by atoms with Gasteiger partial charge in [0, 0.05) is 31.5 Å². The molecule has 2 fully saturated rings. The van der Waals surface area contributed by atoms with Gasteiger partial charge in [-0.3, -0.25) is 4.79 Å². The average molecular weight is 313 g/mol. The fraction of sp³-hybridized carbons (Fsp3) is 0.588. The van der Waals surface area contributed by atoms with Gasteiger partial charge >= 0.3 is 0 Å². The van der Waals surface area contributed by atoms with Gasteiger partial charge in [0.15, 0.2) is 0 Å². The molecule has 0 saturated carbocycles. The molecule has 3 rings (SSSR count). The quantitative estimate of drug-likeness (QED) is 0.868. The van der Waals surface area contributed by atoms with Gasteiger partial charge in [-0.1, -0.05) is 0 Å². The van der Waals surface area contributed by atoms with Gasteiger partial charge in [-0.2, -0.15) is 5.26 Å². The van der Waals surface area contributed by atoms with E-state index in [2.05, 4.69) is 26.6 Å². The van der Waals surface area contributed by atoms with E-state index >= 15 is 0 Å². The van der Waals surface area contributed by atoms with Crippen LogP contribution in [-0.4, -0.2) is 43.1 Å². The standard InChI is InChI=1S/C17H23N5O/c18-10-14-9-15(5-7-19-14)22-8-2-3-13(12-22)11-21-17(23)16-4-1-6-20-16/h5,7,9,13,16,20H,1-4,6,8,11-12H2,(H,21,23). The van der Waals surface area contributed by atoms with Crippen molar-refractivity contribution in [3.05, 3.63) is 24.0 Å². The van der Waals surface area contributed by atoms with E-state index in [0.29, 0.717) is 11.6 Å². The Hall–Kier alpha value is -2.13. The highest BCUT2D eigenvalue weighted by molar-refractivity contribution is 5.82. The fourth-order valence-corrected chi connectivity index (χ4v) is 3.42. The van der Waals surface area contributed by atoms with Gasteiger partial charge < -0.3 is 15.5 Å². The lowest BCUT2D eigenvalue weighted by Crippen LogP contribution is -2.45. The Morgan fingerprint density at radius 1 is 1.48 bits per heavy atom. The highest BCUT2D eigenvalue weighted by Gasteiger charge is 2.24. The summed E-state index contributed by atoms with van der Waals surface area (Å²) in [7, 11) is 0. The smallest absolute Gasteiger partial charge is 0.237 e. The molecule has 1 aromatic rings. The number of nitrogens with one attached hydrogen (secondary N) is 2. The number of amides is 1. The third kappa shape index (κ3) is 3.99. The first-order valence-electron chi connectivity index (χ1n) is 8.38. The molecule has 0 bridgehead atoms. The van der Waals surface area contributed by atoms with Crippen molar-refractivity contribution >= 4 is 11.6 Å². The largest absolute Gasteiger partial charge is 0.371 e. The molecule has 2 aliphatic heterocycles. The number of nitriles is 1. The van der Waals surface area contributed by atoms with Crippen molar-refractivity contribution in [3.63, 3.8) is 0 Å². The maximum atomic E-state index is 12.1. The number of hydrogen-bond acceptors (Lipinski definition) is 5. The van der Waals surface area contributed by atoms with Gasteiger partial charge in [0.1, 0.15) is 11.8 Å². The number of carbonyl (C=O) groups excluding carboxylic acids is 1. The van der Waals surface area contributed by atoms with E-state index in [0.717, 1.165) is 57.5 Å². The maximum absolute atomic E-state index is 12.1. The van der Waals surface area contributed by atoms with E-state index in [9.17, 15) is 4.79 Å². The molecular formula is C17H23N5O. The fourth-order valence-electron chi connectivity index (χ4n) is 3.42. The third-order valence-electron chi connectivity index (χ3n) is 4.68. The van der Waals surface area contributed by atoms with Crippen LogP contribution < -0.4 is 15.5 Å². The van der Waals surface area contributed by atoms with Crippen LogP contribution in [0.3, 0.4) is 0 Å². The van der Waals surface area contributed by atoms with Crippen molar-refractivity contribution in [2.75, 3.05) is 31.1 Å². The zero-order valence-corrected chi connectivity index (χ0v) is 13.3. The van der Waals surface area contributed by atoms with Crippen molar-refractivity contribution in [1.82, 2.24) is 15.6 Å². The predicted octanol–water partition coefficient (Wildman–Crippen LogP) is 1.04. The number of piperidine rings is 1. The summed E-state index contributed by atoms with van der Waals surface area (Å²) in [6.07, 6.45) is 5.94. The van der Waals surface area contributed by atoms with Crippen molar-refractivity contribution in [2.24, 2.45) is 5.92 Å². The molecule has 1 aromatic heterocycles. The molecule has 2 saturated heterocycles. The second-order valence-corrected chi connectivity index (χ2v) is 6.36. The topological polar surface area (TPSA) is 81.0 Å². The van der Waals surface area contributed by atoms with Crippen molar-refractivity contribution in [3.8, 4) is 6.07 Å². The molecule has 1 amide bonds. The van der Waals surface area contributed by atoms with Crippen LogP contribution in [-0.2, 0) is 4.79 Å². The lowest BCUT2D eigenvalue weighted by molar-refractivity contribution is -0.122. The molecule has 2 unspecified atom stereocenters. The van der Waals surface area contributed by atoms with Crippen LogP contribution in [0, 0.1) is 17.2 Å². The molecule has 3 heterocycles. The second kappa shape index (κ2) is 7.42. The molecular weight excluding hydrogens is 290 g/mol. The minimum atomic E-state index is -0.00641. The van der Waals surface area contributed by atoms with Crippen LogP contribution in [0.4, 0.5) is 5.69 Å². The summed E-state index contributed by atoms with van der Waals surface area (Å²) >= 11 is 0. The summed E-state index contributed by atoms with van der Waals surface area (Å²) in [4.78, 5) is 18.4. The molecule has 2 atom stereocenters. The molecule has 122 valence electrons. The number of pyridine rings is 1. The summed E-state index contributed by atoms with van der Waals surface area (Å²) < 4.78 is 0. The van der Waals surface area contributed by atoms with Crippen LogP contribution >= 0.6 is 0 Å². The zero-order chi connectivity index (χ0) is 16.1. The van der Waals surface area contributed by atoms with Gasteiger partial charge in [0.25, 0.3) is 0 Å². The molecule has 0 spiro atoms. The van der Waals surface area contributed by atoms with Crippen molar-refractivity contribution < 1.29 is 4.79 Å². The van der Waals surface area contributed by atoms with Crippen LogP contribution in [0.1, 0.15) is 31.4 Å². The molecule has 6 heteroatoms. The number of rotatable bonds is 4. The van der Waals surface area contributed by atoms with E-state index in [1.165, 1.54) is 0 Å². The number of hydrogen-bond donors (Lipinski definition) is 2. The predicted molar refractivity (Wildman–Crippen MR) is 87.9 cm³/mol. The van der Waals surface area contributed by atoms with Gasteiger partial charge in [-0.25, -0.2) is 4.98 Å². The monoisotopic (exact) mass is 313 g/mol. The highest BCUT2D eigenvalue weighted by atomic mass is 16.2. The first-order chi connectivity index (χ1) is 11.3. The maximum Gasteiger partial charge on any atom is 0.237 e. The summed E-state index contributed by atoms with van der Waals surface area (Å²) in [5, 5.41) is 15.3. The van der Waals surface area contributed by atoms with E-state index in [1.807, 2.05) is 12.1 Å². The third-order valence-corrected chi connectivity index (χ3v) is 4.68. The van der Waals surface area contributed by atoms with Crippen LogP contribution in [0.2, 0.25) is 0 Å². The Balaban J connectivity index is 1.53. The Morgan fingerprint density at radius 3 is 3.17 bits per heavy atom. The van der Waals surface area contributed by atoms with Gasteiger partial charge in [0.2, 0.25) is 5.91 Å². The summed E-state index contributed by atoms with van der Waals surface area (Å²) in [6, 6.07) is 5.87. The summed E-state index contributed by atoms with van der Waals surface area (Å²) in [5.41, 5.74) is 1.50. The Kier molecular flexibility index (Phi) is 5.09. The average Bonchev–Trinajstić information content (AvgIpc) is 3.15. The minimum absolute atomic E-state index is 0.00641. The number of nitrogens with zero attached hydrogens (tertiary/aromatic N) is 3. The van der Waals surface area contributed by atoms with E-state index in [4.69, 9.17) is 5.26 Å². The van der Waals surface area contributed by atoms with E-state index in [-0.39, 0.29) is 11.9 Å². The molecule has 0 aromatic carbocycles. The van der Waals surface area contributed by atoms with Crippen LogP contribution in [0.5, 0.6) is 0 Å². The van der Waals surface area contributed by atoms with Crippen molar-refractivity contribution in [2.45, 2.75) is 31.7 Å². The first kappa shape index (κ1) is 15.8. The number of carbonyl (C=O) groups is 1. The highest BCUT2D eigenvalue weighted by Crippen LogP contribution is 2.23. The zero-order valence-electron chi connectivity index (χ0n) is 13.3. The lowest BCUT2D eigenvalue weighted by atomic mass is 9.97. The normalized spacial score (nSPS) is 24.2. The first-order valence-corrected chi connectivity index (χ1v) is 8.38. The molecule has 0 radical (unpaired) electrons. The van der Waals surface area contributed by atoms with Crippen molar-refractivity contribution in [1.29, 1.82) is 5.26 Å². The molecule has 23 heavy (non-hydrogen) atoms. The Bertz CT molecular complexity index is 591. The molecule has 0 aliphatic carbocycles. The Labute approximate surface area is 136 Å². The lowest BCUT2D eigenvalue weighted by Gasteiger charge is -2.34. The molecule has 2 aliphatic rings. The Morgan fingerprint density at radius 2 is 2.39 bits per heavy atom. The van der Waals surface area contributed by atoms with Gasteiger partial charge in [-0.15, -0.1) is 0 Å². The minimum Gasteiger partial charge on any atom is -0.371 e. The summed E-state index contributed by atoms with van der Waals surface area (Å²) in [5.74, 6) is 0.586. The van der Waals surface area contributed by atoms with Gasteiger partial charge in [0.05, 0.1) is 6.04 Å². The number of aromatic nitrogens is 1. The number of anilines is 1. The van der Waals surface area contributed by atoms with Crippen LogP contribution in [0.15, 0.2) is 18.3 Å².